The molecule has 0 saturated carbocycles. The number of nitrogens with one attached hydrogen (secondary N) is 1. The maximum atomic E-state index is 5.71. The summed E-state index contributed by atoms with van der Waals surface area (Å²) < 4.78 is 7.76. The monoisotopic (exact) mass is 226 g/mol. The average molecular weight is 226 g/mol. The normalized spacial score (nSPS) is 14.1. The zero-order valence-electron chi connectivity index (χ0n) is 10.5. The minimum Gasteiger partial charge on any atom is -0.374 e. The molecule has 0 spiro atoms. The molecule has 0 fully saturated rings. The van der Waals surface area contributed by atoms with Crippen LogP contribution in [0.15, 0.2) is 12.4 Å². The van der Waals surface area contributed by atoms with Crippen LogP contribution in [0.1, 0.15) is 39.6 Å². The Morgan fingerprint density at radius 3 is 2.75 bits per heavy atom. The van der Waals surface area contributed by atoms with E-state index in [0.29, 0.717) is 6.61 Å². The number of ether oxygens (including phenoxy) is 1. The van der Waals surface area contributed by atoms with E-state index in [2.05, 4.69) is 21.9 Å². The van der Waals surface area contributed by atoms with Crippen LogP contribution in [0.4, 0.5) is 0 Å². The highest BCUT2D eigenvalue weighted by atomic mass is 16.5. The van der Waals surface area contributed by atoms with Gasteiger partial charge in [-0.3, -0.25) is 5.84 Å². The van der Waals surface area contributed by atoms with Crippen LogP contribution in [0.2, 0.25) is 0 Å². The molecule has 0 amide bonds. The summed E-state index contributed by atoms with van der Waals surface area (Å²) in [6.45, 7) is 9.52. The van der Waals surface area contributed by atoms with Crippen molar-refractivity contribution in [3.8, 4) is 0 Å². The molecule has 0 saturated heterocycles. The van der Waals surface area contributed by atoms with E-state index in [0.717, 1.165) is 12.4 Å². The molecule has 1 heterocycles. The molecule has 5 heteroatoms. The predicted octanol–water partition coefficient (Wildman–Crippen LogP) is 1.22. The second-order valence-corrected chi connectivity index (χ2v) is 4.71. The fourth-order valence-electron chi connectivity index (χ4n) is 1.43. The van der Waals surface area contributed by atoms with Gasteiger partial charge in [0.15, 0.2) is 0 Å². The van der Waals surface area contributed by atoms with Crippen molar-refractivity contribution in [3.63, 3.8) is 0 Å². The van der Waals surface area contributed by atoms with Gasteiger partial charge >= 0.3 is 0 Å². The van der Waals surface area contributed by atoms with Gasteiger partial charge in [0.25, 0.3) is 0 Å². The van der Waals surface area contributed by atoms with Crippen LogP contribution in [0.3, 0.4) is 0 Å². The summed E-state index contributed by atoms with van der Waals surface area (Å²) in [6, 6.07) is -0.0748. The largest absolute Gasteiger partial charge is 0.374 e. The second kappa shape index (κ2) is 5.43. The zero-order chi connectivity index (χ0) is 12.2. The Labute approximate surface area is 97.0 Å². The van der Waals surface area contributed by atoms with Crippen molar-refractivity contribution in [1.29, 1.82) is 0 Å². The molecule has 1 atom stereocenters. The highest BCUT2D eigenvalue weighted by Gasteiger charge is 2.19. The lowest BCUT2D eigenvalue weighted by atomic mass is 10.2. The minimum atomic E-state index is -0.168. The van der Waals surface area contributed by atoms with E-state index in [4.69, 9.17) is 10.6 Å². The molecule has 3 N–H and O–H groups in total. The summed E-state index contributed by atoms with van der Waals surface area (Å²) >= 11 is 0. The number of hydrogen-bond donors (Lipinski definition) is 2. The molecule has 0 aromatic carbocycles. The third kappa shape index (κ3) is 3.59. The Kier molecular flexibility index (Phi) is 4.46. The van der Waals surface area contributed by atoms with E-state index < -0.39 is 0 Å². The number of nitrogens with zero attached hydrogens (tertiary/aromatic N) is 2. The maximum absolute atomic E-state index is 5.71. The minimum absolute atomic E-state index is 0.0748. The first-order valence-corrected chi connectivity index (χ1v) is 5.59. The topological polar surface area (TPSA) is 65.1 Å². The van der Waals surface area contributed by atoms with Crippen molar-refractivity contribution in [2.24, 2.45) is 5.84 Å². The molecule has 1 unspecified atom stereocenters. The highest BCUT2D eigenvalue weighted by Crippen LogP contribution is 2.15. The first-order chi connectivity index (χ1) is 7.48. The van der Waals surface area contributed by atoms with Gasteiger partial charge in [-0.25, -0.2) is 10.4 Å². The highest BCUT2D eigenvalue weighted by molar-refractivity contribution is 4.99. The summed E-state index contributed by atoms with van der Waals surface area (Å²) in [4.78, 5) is 4.30. The van der Waals surface area contributed by atoms with E-state index in [9.17, 15) is 0 Å². The van der Waals surface area contributed by atoms with Gasteiger partial charge in [0.1, 0.15) is 11.9 Å². The van der Waals surface area contributed by atoms with Gasteiger partial charge < -0.3 is 9.30 Å². The van der Waals surface area contributed by atoms with Crippen LogP contribution in [0.5, 0.6) is 0 Å². The molecule has 1 aromatic heterocycles. The average Bonchev–Trinajstić information content (AvgIpc) is 2.65. The Morgan fingerprint density at radius 2 is 2.25 bits per heavy atom. The van der Waals surface area contributed by atoms with E-state index in [-0.39, 0.29) is 11.6 Å². The molecule has 1 rings (SSSR count). The lowest BCUT2D eigenvalue weighted by molar-refractivity contribution is -0.0162. The summed E-state index contributed by atoms with van der Waals surface area (Å²) in [7, 11) is 0. The van der Waals surface area contributed by atoms with Gasteiger partial charge in [-0.2, -0.15) is 0 Å². The van der Waals surface area contributed by atoms with Gasteiger partial charge in [-0.1, -0.05) is 0 Å². The molecule has 16 heavy (non-hydrogen) atoms. The summed E-state index contributed by atoms with van der Waals surface area (Å²) in [5.41, 5.74) is 2.58. The fraction of sp³-hybridized carbons (Fsp3) is 0.727. The van der Waals surface area contributed by atoms with Gasteiger partial charge in [0, 0.05) is 18.9 Å². The molecule has 0 bridgehead atoms. The van der Waals surface area contributed by atoms with Crippen molar-refractivity contribution in [2.75, 3.05) is 6.61 Å². The quantitative estimate of drug-likeness (QED) is 0.585. The molecule has 0 radical (unpaired) electrons. The van der Waals surface area contributed by atoms with Crippen LogP contribution in [0, 0.1) is 0 Å². The van der Waals surface area contributed by atoms with Crippen molar-refractivity contribution in [2.45, 2.75) is 45.9 Å². The standard InChI is InChI=1S/C11H22N4O/c1-5-15-7-6-13-10(15)9(14-12)8-16-11(2,3)4/h6-7,9,14H,5,8,12H2,1-4H3. The number of hydrogen-bond acceptors (Lipinski definition) is 4. The Hall–Kier alpha value is -0.910. The number of nitrogens with two attached hydrogens (primary N) is 1. The van der Waals surface area contributed by atoms with Crippen LogP contribution < -0.4 is 11.3 Å². The van der Waals surface area contributed by atoms with E-state index in [1.807, 2.05) is 27.0 Å². The molecular weight excluding hydrogens is 204 g/mol. The van der Waals surface area contributed by atoms with Crippen molar-refractivity contribution in [3.05, 3.63) is 18.2 Å². The maximum Gasteiger partial charge on any atom is 0.129 e. The molecule has 0 aliphatic rings. The van der Waals surface area contributed by atoms with Crippen molar-refractivity contribution in [1.82, 2.24) is 15.0 Å². The second-order valence-electron chi connectivity index (χ2n) is 4.71. The lowest BCUT2D eigenvalue weighted by Gasteiger charge is -2.24. The van der Waals surface area contributed by atoms with Gasteiger partial charge in [0.05, 0.1) is 12.2 Å². The number of hydrazine groups is 1. The van der Waals surface area contributed by atoms with Gasteiger partial charge in [-0.05, 0) is 27.7 Å². The predicted molar refractivity (Wildman–Crippen MR) is 63.7 cm³/mol. The molecule has 92 valence electrons. The molecule has 5 nitrogen and oxygen atoms in total. The lowest BCUT2D eigenvalue weighted by Crippen LogP contribution is -2.36. The Balaban J connectivity index is 2.67. The van der Waals surface area contributed by atoms with Crippen LogP contribution in [-0.4, -0.2) is 21.8 Å². The van der Waals surface area contributed by atoms with Crippen LogP contribution >= 0.6 is 0 Å². The number of imidazole rings is 1. The molecular formula is C11H22N4O. The number of aryl methyl sites for hydroxylation is 1. The van der Waals surface area contributed by atoms with Crippen LogP contribution in [-0.2, 0) is 11.3 Å². The summed E-state index contributed by atoms with van der Waals surface area (Å²) in [6.07, 6.45) is 3.72. The fourth-order valence-corrected chi connectivity index (χ4v) is 1.43. The van der Waals surface area contributed by atoms with Crippen molar-refractivity contribution < 1.29 is 4.74 Å². The van der Waals surface area contributed by atoms with Crippen molar-refractivity contribution >= 4 is 0 Å². The molecule has 0 aliphatic carbocycles. The molecule has 0 aliphatic heterocycles. The van der Waals surface area contributed by atoms with Gasteiger partial charge in [-0.15, -0.1) is 0 Å². The number of rotatable bonds is 5. The SMILES string of the molecule is CCn1ccnc1C(COC(C)(C)C)NN. The Bertz CT molecular complexity index is 316. The van der Waals surface area contributed by atoms with E-state index >= 15 is 0 Å². The Morgan fingerprint density at radius 1 is 1.56 bits per heavy atom. The van der Waals surface area contributed by atoms with E-state index in [1.54, 1.807) is 6.20 Å². The first-order valence-electron chi connectivity index (χ1n) is 5.59. The van der Waals surface area contributed by atoms with Crippen LogP contribution in [0.25, 0.3) is 0 Å². The van der Waals surface area contributed by atoms with Gasteiger partial charge in [0.2, 0.25) is 0 Å². The number of aromatic nitrogens is 2. The third-order valence-electron chi connectivity index (χ3n) is 2.28. The third-order valence-corrected chi connectivity index (χ3v) is 2.28. The molecule has 1 aromatic rings. The first kappa shape index (κ1) is 13.2. The summed E-state index contributed by atoms with van der Waals surface area (Å²) in [5.74, 6) is 6.44. The van der Waals surface area contributed by atoms with E-state index in [1.165, 1.54) is 0 Å². The smallest absolute Gasteiger partial charge is 0.129 e. The summed E-state index contributed by atoms with van der Waals surface area (Å²) in [5, 5.41) is 0. The zero-order valence-corrected chi connectivity index (χ0v) is 10.5.